The third kappa shape index (κ3) is 4.96. The Morgan fingerprint density at radius 2 is 1.71 bits per heavy atom. The van der Waals surface area contributed by atoms with Crippen molar-refractivity contribution in [3.05, 3.63) is 101 Å². The lowest BCUT2D eigenvalue weighted by atomic mass is 9.88. The smallest absolute Gasteiger partial charge is 0.332 e. The first kappa shape index (κ1) is 27.7. The molecule has 2 aliphatic rings. The highest BCUT2D eigenvalue weighted by atomic mass is 16.5. The van der Waals surface area contributed by atoms with E-state index in [1.165, 1.54) is 4.90 Å². The van der Waals surface area contributed by atoms with Crippen LogP contribution in [0.1, 0.15) is 65.0 Å². The second-order valence-corrected chi connectivity index (χ2v) is 11.1. The number of H-pyrrole nitrogens is 1. The Morgan fingerprint density at radius 3 is 2.52 bits per heavy atom. The van der Waals surface area contributed by atoms with E-state index in [1.807, 2.05) is 49.4 Å². The average Bonchev–Trinajstić information content (AvgIpc) is 3.50. The Labute approximate surface area is 245 Å². The number of para-hydroxylation sites is 2. The van der Waals surface area contributed by atoms with Crippen molar-refractivity contribution in [2.45, 2.75) is 51.6 Å². The van der Waals surface area contributed by atoms with Gasteiger partial charge in [-0.25, -0.2) is 9.69 Å². The van der Waals surface area contributed by atoms with Crippen LogP contribution in [-0.4, -0.2) is 53.5 Å². The van der Waals surface area contributed by atoms with Crippen molar-refractivity contribution in [3.63, 3.8) is 0 Å². The number of amides is 4. The third-order valence-corrected chi connectivity index (χ3v) is 8.23. The molecule has 0 radical (unpaired) electrons. The van der Waals surface area contributed by atoms with Gasteiger partial charge in [0, 0.05) is 42.8 Å². The quantitative estimate of drug-likeness (QED) is 0.185. The van der Waals surface area contributed by atoms with Crippen LogP contribution in [0.2, 0.25) is 0 Å². The number of benzene rings is 3. The van der Waals surface area contributed by atoms with Crippen molar-refractivity contribution in [1.82, 2.24) is 15.2 Å². The molecular weight excluding hydrogens is 528 g/mol. The molecule has 1 fully saturated rings. The van der Waals surface area contributed by atoms with Crippen LogP contribution in [0, 0.1) is 6.92 Å². The second-order valence-electron chi connectivity index (χ2n) is 11.1. The summed E-state index contributed by atoms with van der Waals surface area (Å²) in [6, 6.07) is 21.4. The highest BCUT2D eigenvalue weighted by molar-refractivity contribution is 6.24. The van der Waals surface area contributed by atoms with Gasteiger partial charge < -0.3 is 15.0 Å². The fourth-order valence-corrected chi connectivity index (χ4v) is 6.07. The van der Waals surface area contributed by atoms with Crippen LogP contribution in [0.4, 0.5) is 10.5 Å². The van der Waals surface area contributed by atoms with Gasteiger partial charge in [0.1, 0.15) is 12.1 Å². The summed E-state index contributed by atoms with van der Waals surface area (Å²) in [6.07, 6.45) is 3.17. The number of aryl methyl sites for hydroxylation is 1. The summed E-state index contributed by atoms with van der Waals surface area (Å²) in [5, 5.41) is 3.99. The maximum atomic E-state index is 14.3. The summed E-state index contributed by atoms with van der Waals surface area (Å²) < 4.78 is 5.59. The molecule has 4 amide bonds. The molecule has 3 aromatic carbocycles. The highest BCUT2D eigenvalue weighted by Crippen LogP contribution is 2.45. The number of carbonyl (C=O) groups is 3. The molecule has 8 nitrogen and oxygen atoms in total. The summed E-state index contributed by atoms with van der Waals surface area (Å²) >= 11 is 0. The fourth-order valence-electron chi connectivity index (χ4n) is 6.07. The Morgan fingerprint density at radius 1 is 0.976 bits per heavy atom. The third-order valence-electron chi connectivity index (χ3n) is 8.23. The van der Waals surface area contributed by atoms with Crippen LogP contribution in [0.5, 0.6) is 0 Å². The molecule has 6 rings (SSSR count). The van der Waals surface area contributed by atoms with E-state index in [-0.39, 0.29) is 11.8 Å². The van der Waals surface area contributed by atoms with E-state index in [0.29, 0.717) is 43.9 Å². The number of unbranched alkanes of at least 4 members (excludes halogenated alkanes) is 1. The number of carbonyl (C=O) groups excluding carboxylic acids is 3. The lowest BCUT2D eigenvalue weighted by Crippen LogP contribution is -2.44. The Hall–Kier alpha value is -4.43. The number of nitrogens with zero attached hydrogens (tertiary/aromatic N) is 2. The minimum absolute atomic E-state index is 0.293. The van der Waals surface area contributed by atoms with Gasteiger partial charge in [-0.3, -0.25) is 14.5 Å². The predicted molar refractivity (Wildman–Crippen MR) is 163 cm³/mol. The molecule has 1 saturated heterocycles. The maximum Gasteiger partial charge on any atom is 0.332 e. The van der Waals surface area contributed by atoms with E-state index in [1.54, 1.807) is 29.2 Å². The molecule has 8 heteroatoms. The molecular formula is C34H36N4O4. The molecule has 3 heterocycles. The van der Waals surface area contributed by atoms with Crippen LogP contribution in [0.3, 0.4) is 0 Å². The Bertz CT molecular complexity index is 1630. The Balaban J connectivity index is 1.31. The van der Waals surface area contributed by atoms with Gasteiger partial charge in [-0.05, 0) is 49.1 Å². The summed E-state index contributed by atoms with van der Waals surface area (Å²) in [5.74, 6) is -0.645. The van der Waals surface area contributed by atoms with E-state index < -0.39 is 18.1 Å². The molecule has 0 aliphatic carbocycles. The van der Waals surface area contributed by atoms with Crippen LogP contribution >= 0.6 is 0 Å². The summed E-state index contributed by atoms with van der Waals surface area (Å²) in [4.78, 5) is 48.1. The molecule has 0 spiro atoms. The van der Waals surface area contributed by atoms with Gasteiger partial charge in [0.05, 0.1) is 11.3 Å². The fraction of sp³-hybridized carbons (Fsp3) is 0.324. The zero-order chi connectivity index (χ0) is 29.2. The summed E-state index contributed by atoms with van der Waals surface area (Å²) in [6.45, 7) is 5.86. The van der Waals surface area contributed by atoms with Gasteiger partial charge in [0.25, 0.3) is 11.8 Å². The number of aromatic nitrogens is 1. The number of aromatic amines is 1. The number of anilines is 1. The first-order valence-electron chi connectivity index (χ1n) is 14.8. The van der Waals surface area contributed by atoms with E-state index in [9.17, 15) is 14.4 Å². The topological polar surface area (TPSA) is 94.7 Å². The lowest BCUT2D eigenvalue weighted by Gasteiger charge is -2.36. The standard InChI is InChI=1S/C34H36N4O4/c1-3-4-19-42-20-9-18-35-32(39)25-11-6-8-13-28(25)38-33(40)29-21-26-24-10-5-7-12-27(24)36-30(26)31(37(29)34(38)41)23-16-14-22(2)15-17-23/h5-8,10-17,29,31,36H,3-4,9,18-21H2,1-2H3,(H,35,39)/t29-,31-/m0/s1. The first-order valence-corrected chi connectivity index (χ1v) is 14.8. The van der Waals surface area contributed by atoms with Crippen molar-refractivity contribution in [1.29, 1.82) is 0 Å². The summed E-state index contributed by atoms with van der Waals surface area (Å²) in [7, 11) is 0. The van der Waals surface area contributed by atoms with Crippen LogP contribution in [0.25, 0.3) is 10.9 Å². The van der Waals surface area contributed by atoms with Crippen molar-refractivity contribution in [3.8, 4) is 0 Å². The number of rotatable bonds is 10. The number of hydrogen-bond acceptors (Lipinski definition) is 4. The number of fused-ring (bicyclic) bond motifs is 4. The average molecular weight is 565 g/mol. The molecule has 2 N–H and O–H groups in total. The van der Waals surface area contributed by atoms with Crippen molar-refractivity contribution < 1.29 is 19.1 Å². The van der Waals surface area contributed by atoms with E-state index in [0.717, 1.165) is 46.1 Å². The van der Waals surface area contributed by atoms with Crippen molar-refractivity contribution >= 4 is 34.4 Å². The molecule has 1 aromatic heterocycles. The van der Waals surface area contributed by atoms with Gasteiger partial charge in [-0.1, -0.05) is 73.5 Å². The van der Waals surface area contributed by atoms with Gasteiger partial charge >= 0.3 is 6.03 Å². The molecule has 0 saturated carbocycles. The largest absolute Gasteiger partial charge is 0.381 e. The maximum absolute atomic E-state index is 14.3. The van der Waals surface area contributed by atoms with Crippen molar-refractivity contribution in [2.24, 2.45) is 0 Å². The van der Waals surface area contributed by atoms with Gasteiger partial charge in [-0.15, -0.1) is 0 Å². The van der Waals surface area contributed by atoms with Gasteiger partial charge in [-0.2, -0.15) is 0 Å². The molecule has 2 atom stereocenters. The van der Waals surface area contributed by atoms with Gasteiger partial charge in [0.2, 0.25) is 0 Å². The van der Waals surface area contributed by atoms with E-state index in [2.05, 4.69) is 23.3 Å². The monoisotopic (exact) mass is 564 g/mol. The molecule has 2 aliphatic heterocycles. The number of imide groups is 1. The second kappa shape index (κ2) is 11.8. The summed E-state index contributed by atoms with van der Waals surface area (Å²) in [5.41, 5.74) is 5.58. The normalized spacial score (nSPS) is 18.0. The zero-order valence-corrected chi connectivity index (χ0v) is 24.1. The van der Waals surface area contributed by atoms with E-state index >= 15 is 0 Å². The number of urea groups is 1. The molecule has 216 valence electrons. The highest BCUT2D eigenvalue weighted by Gasteiger charge is 2.53. The van der Waals surface area contributed by atoms with Crippen LogP contribution in [0.15, 0.2) is 72.8 Å². The van der Waals surface area contributed by atoms with E-state index in [4.69, 9.17) is 4.74 Å². The SMILES string of the molecule is CCCCOCCCNC(=O)c1ccccc1N1C(=O)[C@@H]2Cc3c([nH]c4ccccc34)[C@H](c3ccc(C)cc3)N2C1=O. The van der Waals surface area contributed by atoms with Gasteiger partial charge in [0.15, 0.2) is 0 Å². The van der Waals surface area contributed by atoms with Crippen molar-refractivity contribution in [2.75, 3.05) is 24.7 Å². The number of hydrogen-bond donors (Lipinski definition) is 2. The number of nitrogens with one attached hydrogen (secondary N) is 2. The Kier molecular flexibility index (Phi) is 7.80. The zero-order valence-electron chi connectivity index (χ0n) is 24.1. The lowest BCUT2D eigenvalue weighted by molar-refractivity contribution is -0.120. The molecule has 0 bridgehead atoms. The first-order chi connectivity index (χ1) is 20.5. The minimum atomic E-state index is -0.688. The van der Waals surface area contributed by atoms with Crippen LogP contribution < -0.4 is 10.2 Å². The molecule has 0 unspecified atom stereocenters. The molecule has 4 aromatic rings. The molecule has 42 heavy (non-hydrogen) atoms. The minimum Gasteiger partial charge on any atom is -0.381 e. The number of ether oxygens (including phenoxy) is 1. The predicted octanol–water partition coefficient (Wildman–Crippen LogP) is 5.90. The van der Waals surface area contributed by atoms with Crippen LogP contribution in [-0.2, 0) is 16.0 Å².